The van der Waals surface area contributed by atoms with Crippen molar-refractivity contribution in [2.75, 3.05) is 0 Å². The quantitative estimate of drug-likeness (QED) is 0.157. The monoisotopic (exact) mass is 821 g/mol. The van der Waals surface area contributed by atoms with Crippen molar-refractivity contribution in [1.29, 1.82) is 0 Å². The lowest BCUT2D eigenvalue weighted by atomic mass is 9.97. The minimum Gasteiger partial charge on any atom is -0.455 e. The van der Waals surface area contributed by atoms with Crippen LogP contribution in [0, 0.1) is 0 Å². The van der Waals surface area contributed by atoms with Gasteiger partial charge in [-0.25, -0.2) is 15.0 Å². The average Bonchev–Trinajstić information content (AvgIpc) is 3.95. The maximum atomic E-state index is 9.10. The summed E-state index contributed by atoms with van der Waals surface area (Å²) in [7, 11) is 0. The van der Waals surface area contributed by atoms with Gasteiger partial charge in [0.05, 0.1) is 23.5 Å². The van der Waals surface area contributed by atoms with Crippen molar-refractivity contribution in [1.82, 2.24) is 19.5 Å². The molecular formula is C59H36N4O. The van der Waals surface area contributed by atoms with Gasteiger partial charge >= 0.3 is 0 Å². The normalized spacial score (nSPS) is 12.8. The van der Waals surface area contributed by atoms with E-state index < -0.39 is 30.2 Å². The number of hydrogen-bond donors (Lipinski definition) is 0. The van der Waals surface area contributed by atoms with E-state index in [2.05, 4.69) is 102 Å². The van der Waals surface area contributed by atoms with E-state index in [-0.39, 0.29) is 23.0 Å². The molecule has 5 heteroatoms. The summed E-state index contributed by atoms with van der Waals surface area (Å²) in [5.41, 5.74) is 9.45. The van der Waals surface area contributed by atoms with E-state index in [1.807, 2.05) is 91.0 Å². The molecule has 3 heterocycles. The first-order valence-electron chi connectivity index (χ1n) is 23.7. The molecule has 64 heavy (non-hydrogen) atoms. The Morgan fingerprint density at radius 3 is 1.67 bits per heavy atom. The van der Waals surface area contributed by atoms with Crippen molar-refractivity contribution in [2.45, 2.75) is 0 Å². The van der Waals surface area contributed by atoms with Crippen LogP contribution >= 0.6 is 0 Å². The predicted octanol–water partition coefficient (Wildman–Crippen LogP) is 15.5. The van der Waals surface area contributed by atoms with Crippen LogP contribution in [0.2, 0.25) is 0 Å². The Morgan fingerprint density at radius 2 is 0.938 bits per heavy atom. The van der Waals surface area contributed by atoms with Gasteiger partial charge in [0, 0.05) is 38.4 Å². The summed E-state index contributed by atoms with van der Waals surface area (Å²) in [5.74, 6) is 0.427. The van der Waals surface area contributed by atoms with Gasteiger partial charge in [-0.3, -0.25) is 0 Å². The van der Waals surface area contributed by atoms with Crippen molar-refractivity contribution in [3.05, 3.63) is 218 Å². The molecule has 0 N–H and O–H groups in total. The molecule has 0 bridgehead atoms. The Bertz CT molecular complexity index is 4180. The van der Waals surface area contributed by atoms with Crippen LogP contribution in [0.1, 0.15) is 6.85 Å². The summed E-state index contributed by atoms with van der Waals surface area (Å²) in [6, 6.07) is 61.9. The Hall–Kier alpha value is -8.67. The summed E-state index contributed by atoms with van der Waals surface area (Å²) in [5, 5.41) is 7.83. The van der Waals surface area contributed by atoms with Crippen LogP contribution in [0.5, 0.6) is 0 Å². The zero-order valence-corrected chi connectivity index (χ0v) is 34.1. The van der Waals surface area contributed by atoms with Crippen LogP contribution in [-0.4, -0.2) is 19.5 Å². The second kappa shape index (κ2) is 14.5. The van der Waals surface area contributed by atoms with Gasteiger partial charge < -0.3 is 8.98 Å². The highest BCUT2D eigenvalue weighted by molar-refractivity contribution is 6.15. The molecule has 0 aliphatic heterocycles. The average molecular weight is 822 g/mol. The molecule has 3 aromatic heterocycles. The largest absolute Gasteiger partial charge is 0.455 e. The number of nitrogens with zero attached hydrogens (tertiary/aromatic N) is 4. The van der Waals surface area contributed by atoms with Gasteiger partial charge in [0.15, 0.2) is 17.5 Å². The van der Waals surface area contributed by atoms with E-state index in [9.17, 15) is 0 Å². The van der Waals surface area contributed by atoms with Crippen LogP contribution in [0.3, 0.4) is 0 Å². The molecule has 0 saturated carbocycles. The predicted molar refractivity (Wildman–Crippen MR) is 264 cm³/mol. The molecule has 0 saturated heterocycles. The first-order valence-corrected chi connectivity index (χ1v) is 21.2. The lowest BCUT2D eigenvalue weighted by Crippen LogP contribution is -2.02. The van der Waals surface area contributed by atoms with E-state index in [0.717, 1.165) is 82.1 Å². The van der Waals surface area contributed by atoms with Gasteiger partial charge in [-0.2, -0.15) is 0 Å². The molecule has 0 amide bonds. The molecule has 0 atom stereocenters. The van der Waals surface area contributed by atoms with Gasteiger partial charge in [-0.1, -0.05) is 176 Å². The van der Waals surface area contributed by atoms with Crippen molar-refractivity contribution < 1.29 is 11.3 Å². The van der Waals surface area contributed by atoms with Crippen molar-refractivity contribution in [3.8, 4) is 62.1 Å². The molecule has 13 aromatic rings. The Balaban J connectivity index is 1.11. The van der Waals surface area contributed by atoms with Crippen LogP contribution in [0.4, 0.5) is 0 Å². The number of hydrogen-bond acceptors (Lipinski definition) is 4. The van der Waals surface area contributed by atoms with Gasteiger partial charge in [0.25, 0.3) is 0 Å². The number of furan rings is 1. The lowest BCUT2D eigenvalue weighted by Gasteiger charge is -2.14. The maximum Gasteiger partial charge on any atom is 0.167 e. The lowest BCUT2D eigenvalue weighted by molar-refractivity contribution is 0.669. The van der Waals surface area contributed by atoms with Crippen LogP contribution in [-0.2, 0) is 0 Å². The van der Waals surface area contributed by atoms with Crippen LogP contribution in [0.25, 0.3) is 127 Å². The SMILES string of the molecule is [2H]c1c([2H])c([2H])c(-c2nc(-c3cc4ccccc4c4ccccc34)nc(-c3cc(-n4c5ccccc5c5ccccc54)cc4c3oc3cc(-c5ccc(-c6ccccc6)cc5)ccc34)n2)c([2H])c1[2H]. The number of fused-ring (bicyclic) bond motifs is 9. The fraction of sp³-hybridized carbons (Fsp3) is 0. The molecule has 0 spiro atoms. The van der Waals surface area contributed by atoms with Gasteiger partial charge in [-0.05, 0) is 86.3 Å². The molecule has 298 valence electrons. The molecular weight excluding hydrogens is 781 g/mol. The standard InChI is InChI=1S/C59H36N4O/c1-3-15-37(16-4-1)38-27-29-39(30-28-38)41-31-32-49-50-35-43(63-53-25-13-11-23-47(53)48-24-12-14-26-54(48)63)36-52(56(50)64-55(49)34-41)59-61-57(40-17-5-2-6-18-40)60-58(62-59)51-33-42-19-7-8-20-44(42)45-21-9-10-22-46(45)51/h1-36H/i2D,5D,6D,17D,18D. The molecule has 0 radical (unpaired) electrons. The second-order valence-corrected chi connectivity index (χ2v) is 16.0. The number of para-hydroxylation sites is 2. The summed E-state index contributed by atoms with van der Waals surface area (Å²) < 4.78 is 53.2. The van der Waals surface area contributed by atoms with Crippen LogP contribution < -0.4 is 0 Å². The zero-order chi connectivity index (χ0) is 46.5. The fourth-order valence-electron chi connectivity index (χ4n) is 9.35. The smallest absolute Gasteiger partial charge is 0.167 e. The van der Waals surface area contributed by atoms with Crippen molar-refractivity contribution in [3.63, 3.8) is 0 Å². The van der Waals surface area contributed by atoms with E-state index in [1.165, 1.54) is 0 Å². The molecule has 13 rings (SSSR count). The summed E-state index contributed by atoms with van der Waals surface area (Å²) in [6.07, 6.45) is 0. The third kappa shape index (κ3) is 5.83. The molecule has 10 aromatic carbocycles. The Labute approximate surface area is 375 Å². The molecule has 0 aliphatic rings. The third-order valence-corrected chi connectivity index (χ3v) is 12.3. The fourth-order valence-corrected chi connectivity index (χ4v) is 9.35. The molecule has 0 fully saturated rings. The van der Waals surface area contributed by atoms with E-state index in [0.29, 0.717) is 22.3 Å². The van der Waals surface area contributed by atoms with Gasteiger partial charge in [0.2, 0.25) is 0 Å². The molecule has 0 aliphatic carbocycles. The summed E-state index contributed by atoms with van der Waals surface area (Å²) in [4.78, 5) is 15.4. The van der Waals surface area contributed by atoms with Crippen molar-refractivity contribution in [2.24, 2.45) is 0 Å². The Morgan fingerprint density at radius 1 is 0.375 bits per heavy atom. The first-order chi connectivity index (χ1) is 33.8. The number of aromatic nitrogens is 4. The zero-order valence-electron chi connectivity index (χ0n) is 39.1. The van der Waals surface area contributed by atoms with E-state index in [1.54, 1.807) is 0 Å². The van der Waals surface area contributed by atoms with Crippen molar-refractivity contribution >= 4 is 65.3 Å². The highest BCUT2D eigenvalue weighted by Crippen LogP contribution is 2.42. The minimum absolute atomic E-state index is 0.0583. The first kappa shape index (κ1) is 31.2. The highest BCUT2D eigenvalue weighted by Gasteiger charge is 2.23. The summed E-state index contributed by atoms with van der Waals surface area (Å²) >= 11 is 0. The van der Waals surface area contributed by atoms with Gasteiger partial charge in [0.1, 0.15) is 11.2 Å². The highest BCUT2D eigenvalue weighted by atomic mass is 16.3. The molecule has 5 nitrogen and oxygen atoms in total. The summed E-state index contributed by atoms with van der Waals surface area (Å²) in [6.45, 7) is 0. The number of rotatable bonds is 6. The second-order valence-electron chi connectivity index (χ2n) is 16.0. The maximum absolute atomic E-state index is 9.10. The minimum atomic E-state index is -0.502. The number of benzene rings is 10. The van der Waals surface area contributed by atoms with E-state index in [4.69, 9.17) is 26.2 Å². The van der Waals surface area contributed by atoms with E-state index >= 15 is 0 Å². The topological polar surface area (TPSA) is 56.7 Å². The Kier molecular flexibility index (Phi) is 7.06. The van der Waals surface area contributed by atoms with Crippen LogP contribution in [0.15, 0.2) is 223 Å². The third-order valence-electron chi connectivity index (χ3n) is 12.3. The van der Waals surface area contributed by atoms with Gasteiger partial charge in [-0.15, -0.1) is 0 Å². The molecule has 0 unspecified atom stereocenters.